The van der Waals surface area contributed by atoms with E-state index in [1.807, 2.05) is 0 Å². The Labute approximate surface area is 118 Å². The lowest BCUT2D eigenvalue weighted by Crippen LogP contribution is -2.10. The molecule has 1 aliphatic heterocycles. The van der Waals surface area contributed by atoms with E-state index in [9.17, 15) is 9.18 Å². The molecule has 106 valence electrons. The van der Waals surface area contributed by atoms with Crippen LogP contribution in [0.2, 0.25) is 0 Å². The second kappa shape index (κ2) is 5.22. The summed E-state index contributed by atoms with van der Waals surface area (Å²) in [6, 6.07) is 11.9. The van der Waals surface area contributed by atoms with E-state index < -0.39 is 11.8 Å². The number of nitrogens with zero attached hydrogens (tertiary/aromatic N) is 2. The van der Waals surface area contributed by atoms with Crippen LogP contribution in [0.3, 0.4) is 0 Å². The topological polar surface area (TPSA) is 71.4 Å². The average Bonchev–Trinajstić information content (AvgIpc) is 2.97. The van der Waals surface area contributed by atoms with Crippen LogP contribution in [0, 0.1) is 5.82 Å². The van der Waals surface area contributed by atoms with Gasteiger partial charge in [-0.3, -0.25) is 4.89 Å². The molecule has 6 nitrogen and oxygen atoms in total. The maximum Gasteiger partial charge on any atom is 0.335 e. The molecule has 0 atom stereocenters. The van der Waals surface area contributed by atoms with Crippen molar-refractivity contribution < 1.29 is 24.2 Å². The number of carboxylic acid groups (broad SMARTS) is 1. The van der Waals surface area contributed by atoms with Crippen LogP contribution in [0.15, 0.2) is 53.6 Å². The van der Waals surface area contributed by atoms with E-state index in [0.717, 1.165) is 5.17 Å². The number of hydrogen-bond acceptors (Lipinski definition) is 5. The van der Waals surface area contributed by atoms with Crippen LogP contribution in [-0.4, -0.2) is 17.0 Å². The molecule has 0 aliphatic carbocycles. The normalized spacial score (nSPS) is 13.8. The molecule has 0 saturated carbocycles. The number of rotatable bonds is 3. The first-order chi connectivity index (χ1) is 10.1. The number of benzene rings is 2. The molecule has 0 fully saturated rings. The number of halogens is 1. The zero-order valence-corrected chi connectivity index (χ0v) is 10.6. The Morgan fingerprint density at radius 3 is 2.76 bits per heavy atom. The molecule has 0 spiro atoms. The highest BCUT2D eigenvalue weighted by molar-refractivity contribution is 5.95. The fourth-order valence-electron chi connectivity index (χ4n) is 1.78. The van der Waals surface area contributed by atoms with Crippen molar-refractivity contribution in [2.24, 2.45) is 5.10 Å². The third kappa shape index (κ3) is 2.54. The van der Waals surface area contributed by atoms with Gasteiger partial charge in [0.05, 0.1) is 16.8 Å². The third-order valence-electron chi connectivity index (χ3n) is 2.79. The molecule has 0 radical (unpaired) electrons. The quantitative estimate of drug-likeness (QED) is 0.879. The first-order valence-electron chi connectivity index (χ1n) is 5.97. The lowest BCUT2D eigenvalue weighted by Gasteiger charge is -2.08. The molecule has 1 heterocycles. The van der Waals surface area contributed by atoms with Gasteiger partial charge in [0.25, 0.3) is 5.90 Å². The van der Waals surface area contributed by atoms with Crippen molar-refractivity contribution in [1.82, 2.24) is 0 Å². The van der Waals surface area contributed by atoms with E-state index in [0.29, 0.717) is 5.69 Å². The van der Waals surface area contributed by atoms with Crippen molar-refractivity contribution in [1.29, 1.82) is 0 Å². The Morgan fingerprint density at radius 1 is 1.19 bits per heavy atom. The molecule has 1 aliphatic rings. The summed E-state index contributed by atoms with van der Waals surface area (Å²) in [7, 11) is 0. The fraction of sp³-hybridized carbons (Fsp3) is 0. The Kier molecular flexibility index (Phi) is 3.25. The average molecular weight is 288 g/mol. The van der Waals surface area contributed by atoms with Gasteiger partial charge < -0.3 is 5.11 Å². The Morgan fingerprint density at radius 2 is 2.00 bits per heavy atom. The van der Waals surface area contributed by atoms with E-state index in [1.54, 1.807) is 24.3 Å². The van der Waals surface area contributed by atoms with Crippen LogP contribution < -0.4 is 5.17 Å². The van der Waals surface area contributed by atoms with E-state index in [4.69, 9.17) is 15.0 Å². The van der Waals surface area contributed by atoms with Gasteiger partial charge in [-0.2, -0.15) is 0 Å². The molecular weight excluding hydrogens is 279 g/mol. The molecule has 7 heteroatoms. The Hall–Kier alpha value is -2.93. The van der Waals surface area contributed by atoms with Crippen LogP contribution in [0.25, 0.3) is 0 Å². The molecule has 3 rings (SSSR count). The number of anilines is 1. The number of aromatic carboxylic acids is 1. The van der Waals surface area contributed by atoms with Crippen LogP contribution >= 0.6 is 0 Å². The maximum absolute atomic E-state index is 13.6. The second-order valence-corrected chi connectivity index (χ2v) is 4.17. The SMILES string of the molecule is O=C(O)c1cccc(N2N=C(c3ccccc3F)OO2)c1. The zero-order valence-electron chi connectivity index (χ0n) is 10.6. The summed E-state index contributed by atoms with van der Waals surface area (Å²) in [5.74, 6) is -1.62. The minimum absolute atomic E-state index is 0.0474. The zero-order chi connectivity index (χ0) is 14.8. The summed E-state index contributed by atoms with van der Waals surface area (Å²) >= 11 is 0. The third-order valence-corrected chi connectivity index (χ3v) is 2.79. The standard InChI is InChI=1S/C14H9FN2O4/c15-12-7-2-1-6-11(12)13-16-17(21-20-13)10-5-3-4-9(8-10)14(18)19/h1-8H,(H,18,19). The molecule has 2 aromatic rings. The minimum atomic E-state index is -1.07. The summed E-state index contributed by atoms with van der Waals surface area (Å²) in [4.78, 5) is 20.7. The highest BCUT2D eigenvalue weighted by Gasteiger charge is 2.24. The summed E-state index contributed by atoms with van der Waals surface area (Å²) in [5, 5.41) is 13.9. The molecule has 2 aromatic carbocycles. The lowest BCUT2D eigenvalue weighted by atomic mass is 10.2. The van der Waals surface area contributed by atoms with Gasteiger partial charge in [-0.1, -0.05) is 28.5 Å². The van der Waals surface area contributed by atoms with Gasteiger partial charge >= 0.3 is 5.97 Å². The van der Waals surface area contributed by atoms with Crippen molar-refractivity contribution >= 4 is 17.6 Å². The largest absolute Gasteiger partial charge is 0.478 e. The first kappa shape index (κ1) is 13.1. The Balaban J connectivity index is 1.91. The van der Waals surface area contributed by atoms with Gasteiger partial charge in [-0.15, -0.1) is 0 Å². The molecule has 21 heavy (non-hydrogen) atoms. The van der Waals surface area contributed by atoms with Gasteiger partial charge in [0.15, 0.2) is 0 Å². The van der Waals surface area contributed by atoms with Crippen molar-refractivity contribution in [3.63, 3.8) is 0 Å². The highest BCUT2D eigenvalue weighted by Crippen LogP contribution is 2.23. The van der Waals surface area contributed by atoms with Crippen molar-refractivity contribution in [2.45, 2.75) is 0 Å². The lowest BCUT2D eigenvalue weighted by molar-refractivity contribution is -0.213. The molecule has 0 saturated heterocycles. The van der Waals surface area contributed by atoms with E-state index in [2.05, 4.69) is 5.10 Å². The molecule has 0 unspecified atom stereocenters. The van der Waals surface area contributed by atoms with E-state index >= 15 is 0 Å². The van der Waals surface area contributed by atoms with Gasteiger partial charge in [0, 0.05) is 0 Å². The van der Waals surface area contributed by atoms with Crippen molar-refractivity contribution in [3.05, 3.63) is 65.5 Å². The number of carbonyl (C=O) groups is 1. The smallest absolute Gasteiger partial charge is 0.335 e. The summed E-state index contributed by atoms with van der Waals surface area (Å²) in [6.45, 7) is 0. The summed E-state index contributed by atoms with van der Waals surface area (Å²) < 4.78 is 13.6. The van der Waals surface area contributed by atoms with Crippen LogP contribution in [0.4, 0.5) is 10.1 Å². The van der Waals surface area contributed by atoms with Crippen LogP contribution in [0.5, 0.6) is 0 Å². The number of carboxylic acids is 1. The van der Waals surface area contributed by atoms with Crippen molar-refractivity contribution in [3.8, 4) is 0 Å². The molecular formula is C14H9FN2O4. The number of hydrazone groups is 1. The number of hydrogen-bond donors (Lipinski definition) is 1. The predicted octanol–water partition coefficient (Wildman–Crippen LogP) is 2.57. The van der Waals surface area contributed by atoms with E-state index in [1.165, 1.54) is 24.3 Å². The first-order valence-corrected chi connectivity index (χ1v) is 5.97. The van der Waals surface area contributed by atoms with Gasteiger partial charge in [-0.05, 0) is 35.3 Å². The van der Waals surface area contributed by atoms with Crippen LogP contribution in [0.1, 0.15) is 15.9 Å². The minimum Gasteiger partial charge on any atom is -0.478 e. The molecule has 0 aromatic heterocycles. The van der Waals surface area contributed by atoms with Gasteiger partial charge in [-0.25, -0.2) is 9.18 Å². The predicted molar refractivity (Wildman–Crippen MR) is 71.0 cm³/mol. The van der Waals surface area contributed by atoms with Gasteiger partial charge in [0.1, 0.15) is 5.82 Å². The molecule has 0 bridgehead atoms. The summed E-state index contributed by atoms with van der Waals surface area (Å²) in [5.41, 5.74) is 0.571. The van der Waals surface area contributed by atoms with Crippen molar-refractivity contribution in [2.75, 3.05) is 5.17 Å². The fourth-order valence-corrected chi connectivity index (χ4v) is 1.78. The Bertz CT molecular complexity index is 732. The van der Waals surface area contributed by atoms with Crippen LogP contribution in [-0.2, 0) is 9.88 Å². The highest BCUT2D eigenvalue weighted by atomic mass is 19.1. The van der Waals surface area contributed by atoms with E-state index in [-0.39, 0.29) is 17.0 Å². The summed E-state index contributed by atoms with van der Waals surface area (Å²) in [6.07, 6.45) is 0. The molecule has 1 N–H and O–H groups in total. The van der Waals surface area contributed by atoms with Gasteiger partial charge in [0.2, 0.25) is 0 Å². The second-order valence-electron chi connectivity index (χ2n) is 4.17. The molecule has 0 amide bonds. The maximum atomic E-state index is 13.6. The monoisotopic (exact) mass is 288 g/mol.